The summed E-state index contributed by atoms with van der Waals surface area (Å²) in [6, 6.07) is 4.60. The minimum atomic E-state index is 0.460. The van der Waals surface area contributed by atoms with E-state index in [9.17, 15) is 0 Å². The Morgan fingerprint density at radius 2 is 2.38 bits per heavy atom. The molecule has 0 bridgehead atoms. The number of aryl methyl sites for hydroxylation is 1. The second kappa shape index (κ2) is 5.15. The molecule has 2 rings (SSSR count). The lowest BCUT2D eigenvalue weighted by Gasteiger charge is -2.36. The van der Waals surface area contributed by atoms with Crippen molar-refractivity contribution in [3.05, 3.63) is 22.3 Å². The van der Waals surface area contributed by atoms with E-state index in [2.05, 4.69) is 44.9 Å². The molecule has 1 saturated heterocycles. The SMILES string of the molecule is CCC1COCCN1c1ccc(Br)c(C)n1. The maximum Gasteiger partial charge on any atom is 0.129 e. The van der Waals surface area contributed by atoms with E-state index in [1.54, 1.807) is 0 Å². The third-order valence-electron chi connectivity index (χ3n) is 3.00. The van der Waals surface area contributed by atoms with Crippen LogP contribution in [0.5, 0.6) is 0 Å². The fraction of sp³-hybridized carbons (Fsp3) is 0.583. The molecule has 16 heavy (non-hydrogen) atoms. The minimum absolute atomic E-state index is 0.460. The molecule has 0 saturated carbocycles. The van der Waals surface area contributed by atoms with Gasteiger partial charge in [-0.3, -0.25) is 0 Å². The van der Waals surface area contributed by atoms with Gasteiger partial charge in [0.05, 0.1) is 24.9 Å². The van der Waals surface area contributed by atoms with Gasteiger partial charge in [0.25, 0.3) is 0 Å². The molecular formula is C12H17BrN2O. The van der Waals surface area contributed by atoms with Crippen molar-refractivity contribution >= 4 is 21.7 Å². The van der Waals surface area contributed by atoms with Crippen molar-refractivity contribution in [3.63, 3.8) is 0 Å². The number of rotatable bonds is 2. The second-order valence-electron chi connectivity index (χ2n) is 4.07. The van der Waals surface area contributed by atoms with Crippen molar-refractivity contribution in [1.82, 2.24) is 4.98 Å². The lowest BCUT2D eigenvalue weighted by molar-refractivity contribution is 0.0925. The molecule has 1 aliphatic rings. The highest BCUT2D eigenvalue weighted by molar-refractivity contribution is 9.10. The van der Waals surface area contributed by atoms with Crippen molar-refractivity contribution in [2.24, 2.45) is 0 Å². The molecule has 0 radical (unpaired) electrons. The second-order valence-corrected chi connectivity index (χ2v) is 4.92. The van der Waals surface area contributed by atoms with Gasteiger partial charge < -0.3 is 9.64 Å². The summed E-state index contributed by atoms with van der Waals surface area (Å²) >= 11 is 3.48. The number of morpholine rings is 1. The van der Waals surface area contributed by atoms with E-state index in [1.807, 2.05) is 6.92 Å². The number of hydrogen-bond donors (Lipinski definition) is 0. The molecule has 0 aliphatic carbocycles. The van der Waals surface area contributed by atoms with Crippen LogP contribution in [0.4, 0.5) is 5.82 Å². The highest BCUT2D eigenvalue weighted by Gasteiger charge is 2.22. The summed E-state index contributed by atoms with van der Waals surface area (Å²) in [5, 5.41) is 0. The Bertz CT molecular complexity index is 370. The van der Waals surface area contributed by atoms with Crippen LogP contribution in [0.25, 0.3) is 0 Å². The summed E-state index contributed by atoms with van der Waals surface area (Å²) in [6.45, 7) is 6.76. The molecule has 1 aromatic rings. The maximum atomic E-state index is 5.50. The van der Waals surface area contributed by atoms with E-state index in [1.165, 1.54) is 0 Å². The first-order chi connectivity index (χ1) is 7.72. The molecule has 0 amide bonds. The van der Waals surface area contributed by atoms with Gasteiger partial charge in [-0.25, -0.2) is 4.98 Å². The van der Waals surface area contributed by atoms with Gasteiger partial charge >= 0.3 is 0 Å². The van der Waals surface area contributed by atoms with Crippen LogP contribution in [0.3, 0.4) is 0 Å². The van der Waals surface area contributed by atoms with Crippen LogP contribution in [0.2, 0.25) is 0 Å². The molecule has 88 valence electrons. The Morgan fingerprint density at radius 1 is 1.56 bits per heavy atom. The third-order valence-corrected chi connectivity index (χ3v) is 3.84. The zero-order chi connectivity index (χ0) is 11.5. The van der Waals surface area contributed by atoms with E-state index in [0.29, 0.717) is 6.04 Å². The summed E-state index contributed by atoms with van der Waals surface area (Å²) in [5.74, 6) is 1.07. The molecule has 1 aliphatic heterocycles. The van der Waals surface area contributed by atoms with Crippen LogP contribution in [0, 0.1) is 6.92 Å². The van der Waals surface area contributed by atoms with Gasteiger partial charge in [0, 0.05) is 11.0 Å². The Kier molecular flexibility index (Phi) is 3.82. The normalized spacial score (nSPS) is 21.2. The number of hydrogen-bond acceptors (Lipinski definition) is 3. The molecular weight excluding hydrogens is 268 g/mol. The predicted octanol–water partition coefficient (Wildman–Crippen LogP) is 2.77. The minimum Gasteiger partial charge on any atom is -0.377 e. The molecule has 3 nitrogen and oxygen atoms in total. The number of pyridine rings is 1. The monoisotopic (exact) mass is 284 g/mol. The summed E-state index contributed by atoms with van der Waals surface area (Å²) in [5.41, 5.74) is 1.04. The van der Waals surface area contributed by atoms with Crippen molar-refractivity contribution in [2.75, 3.05) is 24.7 Å². The summed E-state index contributed by atoms with van der Waals surface area (Å²) in [6.07, 6.45) is 1.09. The molecule has 0 aromatic carbocycles. The number of aromatic nitrogens is 1. The van der Waals surface area contributed by atoms with Gasteiger partial charge in [0.1, 0.15) is 5.82 Å². The molecule has 1 fully saturated rings. The van der Waals surface area contributed by atoms with Crippen molar-refractivity contribution in [1.29, 1.82) is 0 Å². The standard InChI is InChI=1S/C12H17BrN2O/c1-3-10-8-16-7-6-15(10)12-5-4-11(13)9(2)14-12/h4-5,10H,3,6-8H2,1-2H3. The van der Waals surface area contributed by atoms with Crippen molar-refractivity contribution < 1.29 is 4.74 Å². The molecule has 0 spiro atoms. The third kappa shape index (κ3) is 2.38. The molecule has 0 N–H and O–H groups in total. The smallest absolute Gasteiger partial charge is 0.129 e. The van der Waals surface area contributed by atoms with Gasteiger partial charge in [-0.2, -0.15) is 0 Å². The fourth-order valence-electron chi connectivity index (χ4n) is 1.99. The van der Waals surface area contributed by atoms with Gasteiger partial charge in [0.15, 0.2) is 0 Å². The summed E-state index contributed by atoms with van der Waals surface area (Å²) in [4.78, 5) is 6.97. The zero-order valence-electron chi connectivity index (χ0n) is 9.74. The number of anilines is 1. The number of halogens is 1. The zero-order valence-corrected chi connectivity index (χ0v) is 11.3. The maximum absolute atomic E-state index is 5.50. The number of nitrogens with zero attached hydrogens (tertiary/aromatic N) is 2. The summed E-state index contributed by atoms with van der Waals surface area (Å²) < 4.78 is 6.57. The average Bonchev–Trinajstić information content (AvgIpc) is 2.32. The molecule has 2 heterocycles. The van der Waals surface area contributed by atoms with Crippen LogP contribution in [-0.4, -0.2) is 30.8 Å². The van der Waals surface area contributed by atoms with E-state index in [0.717, 1.165) is 42.2 Å². The van der Waals surface area contributed by atoms with Gasteiger partial charge in [0.2, 0.25) is 0 Å². The molecule has 1 aromatic heterocycles. The van der Waals surface area contributed by atoms with Crippen LogP contribution >= 0.6 is 15.9 Å². The topological polar surface area (TPSA) is 25.4 Å². The van der Waals surface area contributed by atoms with E-state index in [4.69, 9.17) is 4.74 Å². The Morgan fingerprint density at radius 3 is 3.06 bits per heavy atom. The first-order valence-electron chi connectivity index (χ1n) is 5.70. The van der Waals surface area contributed by atoms with Crippen molar-refractivity contribution in [3.8, 4) is 0 Å². The average molecular weight is 285 g/mol. The molecule has 1 atom stereocenters. The summed E-state index contributed by atoms with van der Waals surface area (Å²) in [7, 11) is 0. The van der Waals surface area contributed by atoms with Gasteiger partial charge in [-0.1, -0.05) is 6.92 Å². The van der Waals surface area contributed by atoms with Crippen LogP contribution in [-0.2, 0) is 4.74 Å². The van der Waals surface area contributed by atoms with Crippen LogP contribution < -0.4 is 4.90 Å². The first-order valence-corrected chi connectivity index (χ1v) is 6.49. The van der Waals surface area contributed by atoms with E-state index in [-0.39, 0.29) is 0 Å². The largest absolute Gasteiger partial charge is 0.377 e. The predicted molar refractivity (Wildman–Crippen MR) is 68.9 cm³/mol. The van der Waals surface area contributed by atoms with E-state index >= 15 is 0 Å². The first kappa shape index (κ1) is 11.9. The highest BCUT2D eigenvalue weighted by atomic mass is 79.9. The number of ether oxygens (including phenoxy) is 1. The Labute approximate surface area is 105 Å². The van der Waals surface area contributed by atoms with Crippen LogP contribution in [0.15, 0.2) is 16.6 Å². The Balaban J connectivity index is 2.23. The van der Waals surface area contributed by atoms with E-state index < -0.39 is 0 Å². The quantitative estimate of drug-likeness (QED) is 0.835. The van der Waals surface area contributed by atoms with Crippen molar-refractivity contribution in [2.45, 2.75) is 26.3 Å². The lowest BCUT2D eigenvalue weighted by atomic mass is 10.1. The fourth-order valence-corrected chi connectivity index (χ4v) is 2.21. The lowest BCUT2D eigenvalue weighted by Crippen LogP contribution is -2.45. The van der Waals surface area contributed by atoms with Gasteiger partial charge in [-0.15, -0.1) is 0 Å². The molecule has 1 unspecified atom stereocenters. The highest BCUT2D eigenvalue weighted by Crippen LogP contribution is 2.23. The Hall–Kier alpha value is -0.610. The van der Waals surface area contributed by atoms with Gasteiger partial charge in [-0.05, 0) is 41.4 Å². The molecule has 4 heteroatoms. The van der Waals surface area contributed by atoms with Crippen LogP contribution in [0.1, 0.15) is 19.0 Å².